The molecule has 4 nitrogen and oxygen atoms in total. The highest BCUT2D eigenvalue weighted by Gasteiger charge is 2.19. The van der Waals surface area contributed by atoms with Crippen LogP contribution in [0.2, 0.25) is 0 Å². The monoisotopic (exact) mass is 726 g/mol. The zero-order valence-corrected chi connectivity index (χ0v) is 30.9. The first-order valence-electron chi connectivity index (χ1n) is 19.3. The smallest absolute Gasteiger partial charge is 0.0963 e. The molecule has 0 saturated heterocycles. The number of pyridine rings is 3. The molecule has 7 aromatic carbocycles. The summed E-state index contributed by atoms with van der Waals surface area (Å²) in [6, 6.07) is 67.0. The van der Waals surface area contributed by atoms with Gasteiger partial charge < -0.3 is 4.57 Å². The third kappa shape index (κ3) is 5.58. The van der Waals surface area contributed by atoms with Crippen molar-refractivity contribution in [3.63, 3.8) is 0 Å². The largest absolute Gasteiger partial charge is 0.308 e. The van der Waals surface area contributed by atoms with Gasteiger partial charge in [-0.15, -0.1) is 0 Å². The third-order valence-corrected chi connectivity index (χ3v) is 11.1. The summed E-state index contributed by atoms with van der Waals surface area (Å²) < 4.78 is 2.30. The average molecular weight is 727 g/mol. The number of hydrogen-bond acceptors (Lipinski definition) is 3. The van der Waals surface area contributed by atoms with Crippen molar-refractivity contribution in [2.75, 3.05) is 0 Å². The molecule has 0 atom stereocenters. The van der Waals surface area contributed by atoms with Gasteiger partial charge in [-0.3, -0.25) is 9.97 Å². The second-order valence-electron chi connectivity index (χ2n) is 14.4. The standard InChI is InChI=1S/C53H34N4/c1-3-12-38(13-4-1)51-42-16-7-9-18-44(42)52(45-19-10-8-17-43(45)51)48-34-40(33-47(56-48)37-27-30-54-31-28-37)36-23-21-35(22-24-36)39-25-26-49-46(32-39)53-50(20-11-29-55-53)57(49)41-14-5-2-6-15-41/h1-34H. The molecule has 11 rings (SSSR count). The number of benzene rings is 7. The lowest BCUT2D eigenvalue weighted by atomic mass is 9.86. The Morgan fingerprint density at radius 1 is 0.333 bits per heavy atom. The van der Waals surface area contributed by atoms with Crippen LogP contribution in [0.25, 0.3) is 105 Å². The summed E-state index contributed by atoms with van der Waals surface area (Å²) in [6.07, 6.45) is 5.55. The van der Waals surface area contributed by atoms with Crippen LogP contribution < -0.4 is 0 Å². The summed E-state index contributed by atoms with van der Waals surface area (Å²) in [7, 11) is 0. The Morgan fingerprint density at radius 3 is 1.60 bits per heavy atom. The molecule has 4 aromatic heterocycles. The minimum atomic E-state index is 0.905. The first kappa shape index (κ1) is 32.7. The van der Waals surface area contributed by atoms with E-state index in [2.05, 4.69) is 179 Å². The van der Waals surface area contributed by atoms with Crippen LogP contribution in [0.15, 0.2) is 207 Å². The average Bonchev–Trinajstić information content (AvgIpc) is 3.62. The van der Waals surface area contributed by atoms with Crippen molar-refractivity contribution in [2.24, 2.45) is 0 Å². The van der Waals surface area contributed by atoms with Crippen molar-refractivity contribution >= 4 is 43.5 Å². The number of para-hydroxylation sites is 1. The van der Waals surface area contributed by atoms with E-state index in [0.717, 1.165) is 72.4 Å². The highest BCUT2D eigenvalue weighted by molar-refractivity contribution is 6.21. The van der Waals surface area contributed by atoms with Crippen LogP contribution in [0.1, 0.15) is 0 Å². The molecule has 0 aliphatic rings. The zero-order chi connectivity index (χ0) is 37.7. The molecule has 0 unspecified atom stereocenters. The van der Waals surface area contributed by atoms with Crippen LogP contribution in [0.5, 0.6) is 0 Å². The molecule has 0 fully saturated rings. The first-order valence-corrected chi connectivity index (χ1v) is 19.3. The van der Waals surface area contributed by atoms with Crippen molar-refractivity contribution in [3.8, 4) is 61.6 Å². The molecule has 4 heterocycles. The predicted molar refractivity (Wildman–Crippen MR) is 236 cm³/mol. The highest BCUT2D eigenvalue weighted by Crippen LogP contribution is 2.44. The fraction of sp³-hybridized carbons (Fsp3) is 0. The van der Waals surface area contributed by atoms with Gasteiger partial charge in [-0.2, -0.15) is 0 Å². The van der Waals surface area contributed by atoms with E-state index < -0.39 is 0 Å². The summed E-state index contributed by atoms with van der Waals surface area (Å²) >= 11 is 0. The number of hydrogen-bond donors (Lipinski definition) is 0. The molecule has 11 aromatic rings. The molecule has 0 amide bonds. The van der Waals surface area contributed by atoms with E-state index in [0.29, 0.717) is 0 Å². The van der Waals surface area contributed by atoms with Crippen molar-refractivity contribution in [1.82, 2.24) is 19.5 Å². The summed E-state index contributed by atoms with van der Waals surface area (Å²) in [5.41, 5.74) is 15.3. The minimum absolute atomic E-state index is 0.905. The second kappa shape index (κ2) is 13.6. The lowest BCUT2D eigenvalue weighted by Gasteiger charge is -2.18. The molecule has 266 valence electrons. The lowest BCUT2D eigenvalue weighted by Crippen LogP contribution is -1.95. The Balaban J connectivity index is 1.07. The molecule has 0 saturated carbocycles. The van der Waals surface area contributed by atoms with E-state index in [1.54, 1.807) is 0 Å². The number of rotatable bonds is 6. The molecule has 0 radical (unpaired) electrons. The van der Waals surface area contributed by atoms with Gasteiger partial charge >= 0.3 is 0 Å². The maximum absolute atomic E-state index is 5.41. The fourth-order valence-electron chi connectivity index (χ4n) is 8.54. The molecule has 4 heteroatoms. The van der Waals surface area contributed by atoms with Crippen LogP contribution in [-0.4, -0.2) is 19.5 Å². The molecular formula is C53H34N4. The Hall–Kier alpha value is -7.69. The molecular weight excluding hydrogens is 693 g/mol. The minimum Gasteiger partial charge on any atom is -0.308 e. The van der Waals surface area contributed by atoms with E-state index in [1.807, 2.05) is 36.8 Å². The second-order valence-corrected chi connectivity index (χ2v) is 14.4. The van der Waals surface area contributed by atoms with Gasteiger partial charge in [0.25, 0.3) is 0 Å². The Kier molecular flexibility index (Phi) is 7.78. The van der Waals surface area contributed by atoms with Crippen molar-refractivity contribution < 1.29 is 0 Å². The van der Waals surface area contributed by atoms with Crippen LogP contribution in [0.3, 0.4) is 0 Å². The van der Waals surface area contributed by atoms with Crippen molar-refractivity contribution in [1.29, 1.82) is 0 Å². The van der Waals surface area contributed by atoms with Gasteiger partial charge in [-0.25, -0.2) is 4.98 Å². The van der Waals surface area contributed by atoms with E-state index in [4.69, 9.17) is 9.97 Å². The van der Waals surface area contributed by atoms with Crippen LogP contribution >= 0.6 is 0 Å². The third-order valence-electron chi connectivity index (χ3n) is 11.1. The summed E-state index contributed by atoms with van der Waals surface area (Å²) in [6.45, 7) is 0. The molecule has 0 spiro atoms. The van der Waals surface area contributed by atoms with Crippen LogP contribution in [0.4, 0.5) is 0 Å². The van der Waals surface area contributed by atoms with Gasteiger partial charge in [-0.05, 0) is 116 Å². The number of fused-ring (bicyclic) bond motifs is 5. The number of aromatic nitrogens is 4. The van der Waals surface area contributed by atoms with Crippen molar-refractivity contribution in [2.45, 2.75) is 0 Å². The normalized spacial score (nSPS) is 11.5. The number of nitrogens with zero attached hydrogens (tertiary/aromatic N) is 4. The zero-order valence-electron chi connectivity index (χ0n) is 30.9. The van der Waals surface area contributed by atoms with Crippen LogP contribution in [-0.2, 0) is 0 Å². The van der Waals surface area contributed by atoms with E-state index in [-0.39, 0.29) is 0 Å². The molecule has 0 bridgehead atoms. The topological polar surface area (TPSA) is 43.6 Å². The molecule has 0 N–H and O–H groups in total. The lowest BCUT2D eigenvalue weighted by molar-refractivity contribution is 1.18. The highest BCUT2D eigenvalue weighted by atomic mass is 15.0. The summed E-state index contributed by atoms with van der Waals surface area (Å²) in [5, 5.41) is 5.90. The van der Waals surface area contributed by atoms with Gasteiger partial charge in [0.2, 0.25) is 0 Å². The Labute approximate surface area is 330 Å². The van der Waals surface area contributed by atoms with E-state index in [9.17, 15) is 0 Å². The Morgan fingerprint density at radius 2 is 0.912 bits per heavy atom. The molecule has 0 aliphatic heterocycles. The van der Waals surface area contributed by atoms with Gasteiger partial charge in [0.15, 0.2) is 0 Å². The van der Waals surface area contributed by atoms with Gasteiger partial charge in [0, 0.05) is 40.8 Å². The van der Waals surface area contributed by atoms with Gasteiger partial charge in [0.1, 0.15) is 0 Å². The van der Waals surface area contributed by atoms with E-state index in [1.165, 1.54) is 32.7 Å². The van der Waals surface area contributed by atoms with Gasteiger partial charge in [0.05, 0.1) is 27.9 Å². The van der Waals surface area contributed by atoms with Crippen LogP contribution in [0, 0.1) is 0 Å². The quantitative estimate of drug-likeness (QED) is 0.160. The van der Waals surface area contributed by atoms with Gasteiger partial charge in [-0.1, -0.05) is 127 Å². The Bertz CT molecular complexity index is 3200. The maximum atomic E-state index is 5.41. The first-order chi connectivity index (χ1) is 28.3. The summed E-state index contributed by atoms with van der Waals surface area (Å²) in [4.78, 5) is 14.6. The molecule has 0 aliphatic carbocycles. The van der Waals surface area contributed by atoms with E-state index >= 15 is 0 Å². The predicted octanol–water partition coefficient (Wildman–Crippen LogP) is 13.6. The van der Waals surface area contributed by atoms with Crippen molar-refractivity contribution in [3.05, 3.63) is 207 Å². The fourth-order valence-corrected chi connectivity index (χ4v) is 8.54. The molecule has 57 heavy (non-hydrogen) atoms. The maximum Gasteiger partial charge on any atom is 0.0963 e. The summed E-state index contributed by atoms with van der Waals surface area (Å²) in [5.74, 6) is 0. The SMILES string of the molecule is c1ccc(-c2c3ccccc3c(-c3cc(-c4ccc(-c5ccc6c(c5)c5ncccc5n6-c5ccccc5)cc4)cc(-c4ccncc4)n3)c3ccccc23)cc1.